The number of nitrogens with two attached hydrogens (primary N) is 1. The van der Waals surface area contributed by atoms with E-state index in [4.69, 9.17) is 5.84 Å². The Morgan fingerprint density at radius 1 is 1.57 bits per heavy atom. The maximum atomic E-state index is 11.5. The van der Waals surface area contributed by atoms with E-state index in [1.54, 1.807) is 25.4 Å². The van der Waals surface area contributed by atoms with Gasteiger partial charge in [0.25, 0.3) is 5.56 Å². The van der Waals surface area contributed by atoms with E-state index in [-0.39, 0.29) is 11.4 Å². The van der Waals surface area contributed by atoms with Gasteiger partial charge in [-0.05, 0) is 12.1 Å². The molecule has 0 radical (unpaired) electrons. The first-order chi connectivity index (χ1) is 6.74. The second-order valence-corrected chi connectivity index (χ2v) is 2.82. The van der Waals surface area contributed by atoms with Crippen LogP contribution in [-0.4, -0.2) is 14.5 Å². The van der Waals surface area contributed by atoms with Crippen molar-refractivity contribution in [2.75, 3.05) is 5.43 Å². The fourth-order valence-electron chi connectivity index (χ4n) is 1.25. The molecular formula is C8H9N5O. The topological polar surface area (TPSA) is 85.8 Å². The lowest BCUT2D eigenvalue weighted by Crippen LogP contribution is -2.26. The summed E-state index contributed by atoms with van der Waals surface area (Å²) in [5.41, 5.74) is 3.13. The average molecular weight is 191 g/mol. The molecule has 6 nitrogen and oxygen atoms in total. The molecule has 72 valence electrons. The summed E-state index contributed by atoms with van der Waals surface area (Å²) in [7, 11) is 1.63. The number of anilines is 1. The lowest BCUT2D eigenvalue weighted by atomic mass is 10.4. The van der Waals surface area contributed by atoms with Crippen molar-refractivity contribution < 1.29 is 0 Å². The van der Waals surface area contributed by atoms with Crippen molar-refractivity contribution in [2.24, 2.45) is 12.9 Å². The molecule has 0 bridgehead atoms. The van der Waals surface area contributed by atoms with E-state index >= 15 is 0 Å². The highest BCUT2D eigenvalue weighted by atomic mass is 16.1. The van der Waals surface area contributed by atoms with E-state index in [9.17, 15) is 4.79 Å². The number of rotatable bonds is 1. The van der Waals surface area contributed by atoms with Crippen molar-refractivity contribution >= 4 is 17.0 Å². The molecule has 2 aromatic rings. The van der Waals surface area contributed by atoms with E-state index in [0.717, 1.165) is 0 Å². The van der Waals surface area contributed by atoms with Gasteiger partial charge in [-0.2, -0.15) is 0 Å². The minimum atomic E-state index is -0.293. The van der Waals surface area contributed by atoms with Gasteiger partial charge in [0.05, 0.1) is 0 Å². The van der Waals surface area contributed by atoms with Gasteiger partial charge in [0.2, 0.25) is 5.82 Å². The third-order valence-corrected chi connectivity index (χ3v) is 1.96. The largest absolute Gasteiger partial charge is 0.304 e. The second kappa shape index (κ2) is 3.08. The van der Waals surface area contributed by atoms with Crippen molar-refractivity contribution in [3.8, 4) is 0 Å². The summed E-state index contributed by atoms with van der Waals surface area (Å²) in [6.45, 7) is 0. The van der Waals surface area contributed by atoms with Crippen LogP contribution in [0, 0.1) is 0 Å². The van der Waals surface area contributed by atoms with Crippen molar-refractivity contribution in [1.29, 1.82) is 0 Å². The number of nitrogens with zero attached hydrogens (tertiary/aromatic N) is 3. The number of hydrogen-bond donors (Lipinski definition) is 2. The number of nitrogen functional groups attached to an aromatic ring is 1. The molecule has 2 heterocycles. The van der Waals surface area contributed by atoms with E-state index < -0.39 is 0 Å². The Kier molecular flexibility index (Phi) is 1.90. The molecule has 0 aromatic carbocycles. The van der Waals surface area contributed by atoms with E-state index in [0.29, 0.717) is 11.2 Å². The molecule has 3 N–H and O–H groups in total. The Morgan fingerprint density at radius 2 is 2.36 bits per heavy atom. The van der Waals surface area contributed by atoms with E-state index in [1.165, 1.54) is 4.57 Å². The second-order valence-electron chi connectivity index (χ2n) is 2.82. The van der Waals surface area contributed by atoms with Crippen LogP contribution >= 0.6 is 0 Å². The molecule has 0 amide bonds. The summed E-state index contributed by atoms with van der Waals surface area (Å²) in [5.74, 6) is 5.28. The number of aryl methyl sites for hydroxylation is 1. The third kappa shape index (κ3) is 1.12. The fraction of sp³-hybridized carbons (Fsp3) is 0.125. The van der Waals surface area contributed by atoms with Gasteiger partial charge in [0.1, 0.15) is 5.52 Å². The lowest BCUT2D eigenvalue weighted by Gasteiger charge is -2.05. The first-order valence-corrected chi connectivity index (χ1v) is 4.02. The quantitative estimate of drug-likeness (QED) is 0.473. The van der Waals surface area contributed by atoms with Crippen molar-refractivity contribution in [2.45, 2.75) is 0 Å². The highest BCUT2D eigenvalue weighted by molar-refractivity contribution is 5.71. The number of nitrogens with one attached hydrogen (secondary N) is 1. The van der Waals surface area contributed by atoms with Crippen molar-refractivity contribution in [3.63, 3.8) is 0 Å². The van der Waals surface area contributed by atoms with Gasteiger partial charge in [-0.3, -0.25) is 9.36 Å². The normalized spacial score (nSPS) is 10.4. The number of aromatic nitrogens is 3. The molecule has 2 aromatic heterocycles. The average Bonchev–Trinajstić information content (AvgIpc) is 2.23. The first-order valence-electron chi connectivity index (χ1n) is 4.02. The van der Waals surface area contributed by atoms with E-state index in [1.807, 2.05) is 0 Å². The molecule has 0 spiro atoms. The Balaban J connectivity index is 2.92. The van der Waals surface area contributed by atoms with Gasteiger partial charge >= 0.3 is 0 Å². The minimum Gasteiger partial charge on any atom is -0.304 e. The number of pyridine rings is 1. The number of hydrazine groups is 1. The van der Waals surface area contributed by atoms with Crippen LogP contribution in [-0.2, 0) is 7.05 Å². The van der Waals surface area contributed by atoms with Gasteiger partial charge in [-0.1, -0.05) is 0 Å². The van der Waals surface area contributed by atoms with Gasteiger partial charge in [0.15, 0.2) is 5.65 Å². The predicted molar refractivity (Wildman–Crippen MR) is 52.6 cm³/mol. The summed E-state index contributed by atoms with van der Waals surface area (Å²) in [4.78, 5) is 19.6. The molecule has 14 heavy (non-hydrogen) atoms. The van der Waals surface area contributed by atoms with Crippen LogP contribution in [0.25, 0.3) is 11.2 Å². The van der Waals surface area contributed by atoms with Crippen molar-refractivity contribution in [1.82, 2.24) is 14.5 Å². The Morgan fingerprint density at radius 3 is 3.07 bits per heavy atom. The van der Waals surface area contributed by atoms with Gasteiger partial charge in [-0.15, -0.1) is 0 Å². The van der Waals surface area contributed by atoms with Crippen LogP contribution in [0.5, 0.6) is 0 Å². The lowest BCUT2D eigenvalue weighted by molar-refractivity contribution is 0.874. The number of hydrogen-bond acceptors (Lipinski definition) is 5. The highest BCUT2D eigenvalue weighted by Crippen LogP contribution is 2.06. The zero-order valence-corrected chi connectivity index (χ0v) is 7.56. The van der Waals surface area contributed by atoms with Crippen LogP contribution < -0.4 is 16.8 Å². The highest BCUT2D eigenvalue weighted by Gasteiger charge is 2.06. The molecular weight excluding hydrogens is 182 g/mol. The molecule has 0 atom stereocenters. The van der Waals surface area contributed by atoms with Gasteiger partial charge < -0.3 is 5.43 Å². The summed E-state index contributed by atoms with van der Waals surface area (Å²) >= 11 is 0. The standard InChI is InChI=1S/C8H9N5O/c1-13-7-5(3-2-4-10-7)11-6(12-9)8(13)14/h2-4H,9H2,1H3,(H,11,12). The van der Waals surface area contributed by atoms with Gasteiger partial charge in [0, 0.05) is 13.2 Å². The first kappa shape index (κ1) is 8.64. The maximum absolute atomic E-state index is 11.5. The van der Waals surface area contributed by atoms with Crippen LogP contribution in [0.15, 0.2) is 23.1 Å². The predicted octanol–water partition coefficient (Wildman–Crippen LogP) is -0.386. The summed E-state index contributed by atoms with van der Waals surface area (Å²) in [6, 6.07) is 3.52. The van der Waals surface area contributed by atoms with Crippen molar-refractivity contribution in [3.05, 3.63) is 28.7 Å². The molecule has 0 aliphatic carbocycles. The van der Waals surface area contributed by atoms with Crippen LogP contribution in [0.2, 0.25) is 0 Å². The summed E-state index contributed by atoms with van der Waals surface area (Å²) < 4.78 is 1.40. The molecule has 6 heteroatoms. The van der Waals surface area contributed by atoms with Crippen LogP contribution in [0.3, 0.4) is 0 Å². The summed E-state index contributed by atoms with van der Waals surface area (Å²) in [5, 5.41) is 0. The molecule has 0 aliphatic heterocycles. The molecule has 0 fully saturated rings. The smallest absolute Gasteiger partial charge is 0.296 e. The van der Waals surface area contributed by atoms with E-state index in [2.05, 4.69) is 15.4 Å². The monoisotopic (exact) mass is 191 g/mol. The Hall–Kier alpha value is -1.95. The molecule has 0 saturated heterocycles. The number of fused-ring (bicyclic) bond motifs is 1. The Labute approximate surface area is 79.4 Å². The Bertz CT molecular complexity index is 533. The minimum absolute atomic E-state index is 0.119. The van der Waals surface area contributed by atoms with Gasteiger partial charge in [-0.25, -0.2) is 15.8 Å². The zero-order valence-electron chi connectivity index (χ0n) is 7.56. The maximum Gasteiger partial charge on any atom is 0.296 e. The molecule has 0 aliphatic rings. The zero-order chi connectivity index (χ0) is 10.1. The summed E-state index contributed by atoms with van der Waals surface area (Å²) in [6.07, 6.45) is 1.61. The molecule has 2 rings (SSSR count). The molecule has 0 unspecified atom stereocenters. The van der Waals surface area contributed by atoms with Crippen LogP contribution in [0.1, 0.15) is 0 Å². The molecule has 0 saturated carbocycles. The SMILES string of the molecule is Cn1c(=O)c(NN)nc2cccnc21. The third-order valence-electron chi connectivity index (χ3n) is 1.96. The van der Waals surface area contributed by atoms with Crippen LogP contribution in [0.4, 0.5) is 5.82 Å². The fourth-order valence-corrected chi connectivity index (χ4v) is 1.25.